The van der Waals surface area contributed by atoms with Gasteiger partial charge in [0.15, 0.2) is 0 Å². The first-order valence-electron chi connectivity index (χ1n) is 9.12. The Bertz CT molecular complexity index is 1240. The predicted molar refractivity (Wildman–Crippen MR) is 110 cm³/mol. The summed E-state index contributed by atoms with van der Waals surface area (Å²) < 4.78 is 32.4. The van der Waals surface area contributed by atoms with Gasteiger partial charge < -0.3 is 0 Å². The fourth-order valence-electron chi connectivity index (χ4n) is 3.57. The smallest absolute Gasteiger partial charge is 0.179 e. The van der Waals surface area contributed by atoms with Crippen LogP contribution in [-0.4, -0.2) is 8.42 Å². The quantitative estimate of drug-likeness (QED) is 0.552. The zero-order valence-corrected chi connectivity index (χ0v) is 17.4. The molecule has 3 aromatic rings. The maximum atomic E-state index is 12.2. The summed E-state index contributed by atoms with van der Waals surface area (Å²) in [6, 6.07) is 12.5. The highest BCUT2D eigenvalue weighted by Crippen LogP contribution is 2.31. The molecule has 3 aromatic carbocycles. The molecule has 0 spiro atoms. The van der Waals surface area contributed by atoms with Crippen LogP contribution < -0.4 is 10.7 Å². The lowest BCUT2D eigenvalue weighted by molar-refractivity contribution is 0.590. The molecule has 0 amide bonds. The molecule has 1 heterocycles. The van der Waals surface area contributed by atoms with Crippen molar-refractivity contribution < 1.29 is 8.42 Å². The Morgan fingerprint density at radius 2 is 1.00 bits per heavy atom. The molecule has 0 bridgehead atoms. The maximum absolute atomic E-state index is 12.2. The number of rotatable bonds is 0. The van der Waals surface area contributed by atoms with Crippen LogP contribution in [0.25, 0.3) is 21.5 Å². The molecule has 1 aliphatic rings. The monoisotopic (exact) mass is 380 g/mol. The summed E-state index contributed by atoms with van der Waals surface area (Å²) in [6.45, 7) is 12.9. The Balaban J connectivity index is 2.25. The van der Waals surface area contributed by atoms with Crippen molar-refractivity contribution in [1.29, 1.82) is 0 Å². The fourth-order valence-corrected chi connectivity index (χ4v) is 4.45. The Morgan fingerprint density at radius 1 is 0.630 bits per heavy atom. The fraction of sp³-hybridized carbons (Fsp3) is 0.364. The summed E-state index contributed by atoms with van der Waals surface area (Å²) in [5.41, 5.74) is 2.20. The van der Waals surface area contributed by atoms with E-state index in [0.717, 1.165) is 32.7 Å². The van der Waals surface area contributed by atoms with Gasteiger partial charge in [-0.25, -0.2) is 0 Å². The van der Waals surface area contributed by atoms with Crippen molar-refractivity contribution in [3.05, 3.63) is 58.2 Å². The van der Waals surface area contributed by atoms with Crippen molar-refractivity contribution in [2.45, 2.75) is 52.4 Å². The van der Waals surface area contributed by atoms with E-state index in [9.17, 15) is 8.42 Å². The van der Waals surface area contributed by atoms with Gasteiger partial charge in [0, 0.05) is 10.8 Å². The highest BCUT2D eigenvalue weighted by molar-refractivity contribution is 7.88. The van der Waals surface area contributed by atoms with E-state index in [2.05, 4.69) is 86.7 Å². The summed E-state index contributed by atoms with van der Waals surface area (Å²) in [5.74, 6) is 0. The number of hydrogen-bond acceptors (Lipinski definition) is 2. The van der Waals surface area contributed by atoms with E-state index in [1.165, 1.54) is 0 Å². The first-order chi connectivity index (χ1) is 12.4. The SMILES string of the molecule is CC(C)(C)c1ccc2c(c1)c1c(c3cc(C(C)(C)C)ccc32)=NS(=O)(=O)N=1. The molecule has 27 heavy (non-hydrogen) atoms. The molecular weight excluding hydrogens is 356 g/mol. The second-order valence-electron chi connectivity index (χ2n) is 9.35. The normalized spacial score (nSPS) is 16.2. The van der Waals surface area contributed by atoms with Crippen LogP contribution in [0.4, 0.5) is 0 Å². The lowest BCUT2D eigenvalue weighted by Crippen LogP contribution is -2.25. The Kier molecular flexibility index (Phi) is 3.61. The molecule has 5 heteroatoms. The lowest BCUT2D eigenvalue weighted by Gasteiger charge is -2.21. The molecule has 0 aliphatic carbocycles. The highest BCUT2D eigenvalue weighted by atomic mass is 32.2. The Hall–Kier alpha value is -2.27. The molecular formula is C22H24N2O2S. The second kappa shape index (κ2) is 5.38. The molecule has 0 N–H and O–H groups in total. The van der Waals surface area contributed by atoms with Gasteiger partial charge >= 0.3 is 10.2 Å². The molecule has 140 valence electrons. The zero-order chi connectivity index (χ0) is 19.8. The van der Waals surface area contributed by atoms with Crippen molar-refractivity contribution in [3.63, 3.8) is 0 Å². The van der Waals surface area contributed by atoms with Crippen molar-refractivity contribution in [3.8, 4) is 0 Å². The molecule has 0 atom stereocenters. The van der Waals surface area contributed by atoms with E-state index < -0.39 is 10.2 Å². The number of benzene rings is 3. The minimum atomic E-state index is -3.83. The van der Waals surface area contributed by atoms with Crippen LogP contribution in [0.1, 0.15) is 52.7 Å². The van der Waals surface area contributed by atoms with Gasteiger partial charge in [-0.05, 0) is 44.9 Å². The molecule has 0 unspecified atom stereocenters. The van der Waals surface area contributed by atoms with E-state index in [1.54, 1.807) is 0 Å². The van der Waals surface area contributed by atoms with Gasteiger partial charge in [-0.1, -0.05) is 65.8 Å². The highest BCUT2D eigenvalue weighted by Gasteiger charge is 2.22. The summed E-state index contributed by atoms with van der Waals surface area (Å²) in [7, 11) is -3.83. The van der Waals surface area contributed by atoms with Crippen LogP contribution in [-0.2, 0) is 21.0 Å². The van der Waals surface area contributed by atoms with Gasteiger partial charge in [0.25, 0.3) is 0 Å². The molecule has 0 aromatic heterocycles. The molecule has 4 nitrogen and oxygen atoms in total. The third-order valence-corrected chi connectivity index (χ3v) is 6.04. The van der Waals surface area contributed by atoms with E-state index in [0.29, 0.717) is 10.7 Å². The lowest BCUT2D eigenvalue weighted by atomic mass is 9.83. The van der Waals surface area contributed by atoms with Gasteiger partial charge in [-0.15, -0.1) is 8.80 Å². The van der Waals surface area contributed by atoms with Crippen LogP contribution in [0.15, 0.2) is 45.2 Å². The van der Waals surface area contributed by atoms with Gasteiger partial charge in [-0.3, -0.25) is 0 Å². The summed E-state index contributed by atoms with van der Waals surface area (Å²) in [5, 5.41) is 4.64. The molecule has 4 rings (SSSR count). The zero-order valence-electron chi connectivity index (χ0n) is 16.6. The van der Waals surface area contributed by atoms with Crippen molar-refractivity contribution >= 4 is 31.8 Å². The molecule has 0 radical (unpaired) electrons. The maximum Gasteiger partial charge on any atom is 0.364 e. The van der Waals surface area contributed by atoms with Crippen molar-refractivity contribution in [1.82, 2.24) is 0 Å². The van der Waals surface area contributed by atoms with Crippen molar-refractivity contribution in [2.24, 2.45) is 8.80 Å². The molecule has 1 aliphatic heterocycles. The third-order valence-electron chi connectivity index (χ3n) is 5.21. The number of nitrogens with zero attached hydrogens (tertiary/aromatic N) is 2. The third kappa shape index (κ3) is 2.94. The van der Waals surface area contributed by atoms with Crippen LogP contribution >= 0.6 is 0 Å². The average Bonchev–Trinajstić information content (AvgIpc) is 2.88. The van der Waals surface area contributed by atoms with Gasteiger partial charge in [0.2, 0.25) is 0 Å². The standard InChI is InChI=1S/C22H24N2O2S/c1-21(2,3)13-7-9-15-16-10-8-14(22(4,5)6)12-18(16)20-19(17(15)11-13)23-27(25,26)24-20/h7-12H,1-6H3. The Labute approximate surface area is 159 Å². The molecule has 0 saturated carbocycles. The predicted octanol–water partition coefficient (Wildman–Crippen LogP) is 4.09. The van der Waals surface area contributed by atoms with Crippen molar-refractivity contribution in [2.75, 3.05) is 0 Å². The molecule has 0 saturated heterocycles. The van der Waals surface area contributed by atoms with Crippen LogP contribution in [0.2, 0.25) is 0 Å². The van der Waals surface area contributed by atoms with Crippen LogP contribution in [0.3, 0.4) is 0 Å². The largest absolute Gasteiger partial charge is 0.364 e. The first kappa shape index (κ1) is 18.1. The van der Waals surface area contributed by atoms with E-state index in [-0.39, 0.29) is 10.8 Å². The second-order valence-corrected chi connectivity index (χ2v) is 10.6. The molecule has 0 fully saturated rings. The summed E-state index contributed by atoms with van der Waals surface area (Å²) in [6.07, 6.45) is 0. The first-order valence-corrected chi connectivity index (χ1v) is 10.5. The summed E-state index contributed by atoms with van der Waals surface area (Å²) in [4.78, 5) is 0. The van der Waals surface area contributed by atoms with E-state index in [4.69, 9.17) is 0 Å². The minimum absolute atomic E-state index is 0.0409. The Morgan fingerprint density at radius 3 is 1.33 bits per heavy atom. The number of hydrogen-bond donors (Lipinski definition) is 0. The van der Waals surface area contributed by atoms with E-state index in [1.807, 2.05) is 0 Å². The average molecular weight is 381 g/mol. The van der Waals surface area contributed by atoms with E-state index >= 15 is 0 Å². The van der Waals surface area contributed by atoms with Gasteiger partial charge in [0.05, 0.1) is 0 Å². The number of fused-ring (bicyclic) bond motifs is 6. The van der Waals surface area contributed by atoms with Crippen LogP contribution in [0.5, 0.6) is 0 Å². The van der Waals surface area contributed by atoms with Crippen LogP contribution in [0, 0.1) is 0 Å². The minimum Gasteiger partial charge on any atom is -0.179 e. The van der Waals surface area contributed by atoms with Gasteiger partial charge in [-0.2, -0.15) is 8.42 Å². The summed E-state index contributed by atoms with van der Waals surface area (Å²) >= 11 is 0. The van der Waals surface area contributed by atoms with Gasteiger partial charge in [0.1, 0.15) is 10.7 Å². The topological polar surface area (TPSA) is 58.9 Å².